The van der Waals surface area contributed by atoms with Gasteiger partial charge in [-0.05, 0) is 42.5 Å². The molecule has 0 amide bonds. The number of para-hydroxylation sites is 1. The van der Waals surface area contributed by atoms with E-state index in [2.05, 4.69) is 63.4 Å². The molecule has 0 atom stereocenters. The van der Waals surface area contributed by atoms with Gasteiger partial charge >= 0.3 is 0 Å². The SMILES string of the molecule is Cc1nccn1-c1ccccc1CNC1Cc2ccccc2C1. The number of aromatic nitrogens is 2. The first-order valence-corrected chi connectivity index (χ1v) is 8.19. The molecule has 1 aliphatic rings. The molecule has 23 heavy (non-hydrogen) atoms. The minimum absolute atomic E-state index is 0.532. The Morgan fingerprint density at radius 2 is 1.74 bits per heavy atom. The van der Waals surface area contributed by atoms with E-state index < -0.39 is 0 Å². The van der Waals surface area contributed by atoms with Gasteiger partial charge in [-0.15, -0.1) is 0 Å². The second-order valence-electron chi connectivity index (χ2n) is 6.23. The average molecular weight is 303 g/mol. The molecule has 1 N–H and O–H groups in total. The van der Waals surface area contributed by atoms with E-state index >= 15 is 0 Å². The largest absolute Gasteiger partial charge is 0.309 e. The molecular weight excluding hydrogens is 282 g/mol. The molecule has 1 heterocycles. The number of nitrogens with one attached hydrogen (secondary N) is 1. The Labute approximate surface area is 137 Å². The van der Waals surface area contributed by atoms with Gasteiger partial charge in [0.05, 0.1) is 5.69 Å². The lowest BCUT2D eigenvalue weighted by Crippen LogP contribution is -2.29. The van der Waals surface area contributed by atoms with Gasteiger partial charge in [-0.2, -0.15) is 0 Å². The van der Waals surface area contributed by atoms with Gasteiger partial charge in [-0.1, -0.05) is 42.5 Å². The number of aryl methyl sites for hydroxylation is 1. The van der Waals surface area contributed by atoms with E-state index in [4.69, 9.17) is 0 Å². The number of rotatable bonds is 4. The van der Waals surface area contributed by atoms with Crippen molar-refractivity contribution in [1.82, 2.24) is 14.9 Å². The smallest absolute Gasteiger partial charge is 0.110 e. The molecule has 0 bridgehead atoms. The molecule has 3 nitrogen and oxygen atoms in total. The van der Waals surface area contributed by atoms with Crippen molar-refractivity contribution < 1.29 is 0 Å². The van der Waals surface area contributed by atoms with Crippen LogP contribution in [-0.2, 0) is 19.4 Å². The van der Waals surface area contributed by atoms with Gasteiger partial charge in [-0.25, -0.2) is 4.98 Å². The molecule has 0 aliphatic heterocycles. The molecule has 3 aromatic rings. The third-order valence-electron chi connectivity index (χ3n) is 4.71. The van der Waals surface area contributed by atoms with Gasteiger partial charge in [-0.3, -0.25) is 0 Å². The standard InChI is InChI=1S/C20H21N3/c1-15-21-10-11-23(15)20-9-5-4-8-18(20)14-22-19-12-16-6-2-3-7-17(16)13-19/h2-11,19,22H,12-14H2,1H3. The van der Waals surface area contributed by atoms with Gasteiger partial charge in [0, 0.05) is 25.0 Å². The summed E-state index contributed by atoms with van der Waals surface area (Å²) < 4.78 is 2.15. The molecule has 2 aromatic carbocycles. The van der Waals surface area contributed by atoms with Crippen LogP contribution in [0, 0.1) is 6.92 Å². The monoisotopic (exact) mass is 303 g/mol. The molecule has 1 aliphatic carbocycles. The van der Waals surface area contributed by atoms with E-state index in [-0.39, 0.29) is 0 Å². The average Bonchev–Trinajstić information content (AvgIpc) is 3.18. The summed E-state index contributed by atoms with van der Waals surface area (Å²) in [7, 11) is 0. The zero-order valence-corrected chi connectivity index (χ0v) is 13.4. The van der Waals surface area contributed by atoms with E-state index in [9.17, 15) is 0 Å². The number of nitrogens with zero attached hydrogens (tertiary/aromatic N) is 2. The van der Waals surface area contributed by atoms with Crippen LogP contribution in [0.3, 0.4) is 0 Å². The zero-order valence-electron chi connectivity index (χ0n) is 13.4. The lowest BCUT2D eigenvalue weighted by Gasteiger charge is -2.16. The van der Waals surface area contributed by atoms with Crippen molar-refractivity contribution in [3.63, 3.8) is 0 Å². The fourth-order valence-corrected chi connectivity index (χ4v) is 3.49. The van der Waals surface area contributed by atoms with E-state index in [0.29, 0.717) is 6.04 Å². The highest BCUT2D eigenvalue weighted by Gasteiger charge is 2.20. The van der Waals surface area contributed by atoms with Gasteiger partial charge in [0.1, 0.15) is 5.82 Å². The number of imidazole rings is 1. The summed E-state index contributed by atoms with van der Waals surface area (Å²) in [5.74, 6) is 1.02. The molecule has 0 spiro atoms. The second-order valence-corrected chi connectivity index (χ2v) is 6.23. The third kappa shape index (κ3) is 2.80. The van der Waals surface area contributed by atoms with Crippen LogP contribution >= 0.6 is 0 Å². The molecule has 0 saturated carbocycles. The van der Waals surface area contributed by atoms with Crippen LogP contribution in [0.15, 0.2) is 60.9 Å². The van der Waals surface area contributed by atoms with Gasteiger partial charge in [0.15, 0.2) is 0 Å². The highest BCUT2D eigenvalue weighted by molar-refractivity contribution is 5.42. The minimum atomic E-state index is 0.532. The summed E-state index contributed by atoms with van der Waals surface area (Å²) >= 11 is 0. The molecule has 4 rings (SSSR count). The summed E-state index contributed by atoms with van der Waals surface area (Å²) in [4.78, 5) is 4.34. The molecule has 0 saturated heterocycles. The van der Waals surface area contributed by atoms with Gasteiger partial charge < -0.3 is 9.88 Å². The van der Waals surface area contributed by atoms with Crippen LogP contribution in [-0.4, -0.2) is 15.6 Å². The van der Waals surface area contributed by atoms with Crippen LogP contribution in [0.4, 0.5) is 0 Å². The van der Waals surface area contributed by atoms with E-state index in [1.165, 1.54) is 22.4 Å². The Bertz CT molecular complexity index is 794. The molecular formula is C20H21N3. The first-order valence-electron chi connectivity index (χ1n) is 8.19. The predicted octanol–water partition coefficient (Wildman–Crippen LogP) is 3.44. The molecule has 1 aromatic heterocycles. The van der Waals surface area contributed by atoms with E-state index in [1.54, 1.807) is 0 Å². The van der Waals surface area contributed by atoms with Crippen LogP contribution in [0.1, 0.15) is 22.5 Å². The van der Waals surface area contributed by atoms with E-state index in [0.717, 1.165) is 25.2 Å². The van der Waals surface area contributed by atoms with Crippen molar-refractivity contribution in [2.24, 2.45) is 0 Å². The number of fused-ring (bicyclic) bond motifs is 1. The summed E-state index contributed by atoms with van der Waals surface area (Å²) in [6.07, 6.45) is 6.14. The molecule has 116 valence electrons. The summed E-state index contributed by atoms with van der Waals surface area (Å²) in [5, 5.41) is 3.73. The Morgan fingerprint density at radius 3 is 2.43 bits per heavy atom. The topological polar surface area (TPSA) is 29.9 Å². The fourth-order valence-electron chi connectivity index (χ4n) is 3.49. The number of hydrogen-bond acceptors (Lipinski definition) is 2. The Kier molecular flexibility index (Phi) is 3.72. The minimum Gasteiger partial charge on any atom is -0.309 e. The lowest BCUT2D eigenvalue weighted by molar-refractivity contribution is 0.532. The fraction of sp³-hybridized carbons (Fsp3) is 0.250. The second kappa shape index (κ2) is 6.01. The Hall–Kier alpha value is -2.39. The molecule has 3 heteroatoms. The highest BCUT2D eigenvalue weighted by Crippen LogP contribution is 2.22. The number of benzene rings is 2. The van der Waals surface area contributed by atoms with Crippen LogP contribution in [0.25, 0.3) is 5.69 Å². The Balaban J connectivity index is 1.50. The number of hydrogen-bond donors (Lipinski definition) is 1. The van der Waals surface area contributed by atoms with Crippen LogP contribution in [0.2, 0.25) is 0 Å². The van der Waals surface area contributed by atoms with Gasteiger partial charge in [0.2, 0.25) is 0 Å². The zero-order chi connectivity index (χ0) is 15.6. The summed E-state index contributed by atoms with van der Waals surface area (Å²) in [5.41, 5.74) is 5.50. The summed E-state index contributed by atoms with van der Waals surface area (Å²) in [6, 6.07) is 17.9. The van der Waals surface area contributed by atoms with Gasteiger partial charge in [0.25, 0.3) is 0 Å². The van der Waals surface area contributed by atoms with E-state index in [1.807, 2.05) is 19.3 Å². The first kappa shape index (κ1) is 14.2. The third-order valence-corrected chi connectivity index (χ3v) is 4.71. The maximum atomic E-state index is 4.34. The highest BCUT2D eigenvalue weighted by atomic mass is 15.1. The van der Waals surface area contributed by atoms with Crippen molar-refractivity contribution >= 4 is 0 Å². The molecule has 0 unspecified atom stereocenters. The van der Waals surface area contributed by atoms with Crippen LogP contribution < -0.4 is 5.32 Å². The van der Waals surface area contributed by atoms with Crippen molar-refractivity contribution in [3.05, 3.63) is 83.4 Å². The predicted molar refractivity (Wildman–Crippen MR) is 92.8 cm³/mol. The lowest BCUT2D eigenvalue weighted by atomic mass is 10.1. The van der Waals surface area contributed by atoms with Crippen molar-refractivity contribution in [2.75, 3.05) is 0 Å². The molecule has 0 radical (unpaired) electrons. The molecule has 0 fully saturated rings. The maximum Gasteiger partial charge on any atom is 0.110 e. The quantitative estimate of drug-likeness (QED) is 0.800. The van der Waals surface area contributed by atoms with Crippen molar-refractivity contribution in [2.45, 2.75) is 32.4 Å². The van der Waals surface area contributed by atoms with Crippen molar-refractivity contribution in [3.8, 4) is 5.69 Å². The van der Waals surface area contributed by atoms with Crippen molar-refractivity contribution in [1.29, 1.82) is 0 Å². The first-order chi connectivity index (χ1) is 11.3. The summed E-state index contributed by atoms with van der Waals surface area (Å²) in [6.45, 7) is 2.92. The maximum absolute atomic E-state index is 4.34. The van der Waals surface area contributed by atoms with Crippen LogP contribution in [0.5, 0.6) is 0 Å². The normalized spacial score (nSPS) is 14.1. The Morgan fingerprint density at radius 1 is 1.04 bits per heavy atom.